The first-order chi connectivity index (χ1) is 6.99. The average molecular weight is 230 g/mol. The molecule has 2 aliphatic rings. The van der Waals surface area contributed by atoms with Crippen molar-refractivity contribution in [2.75, 3.05) is 6.61 Å². The fourth-order valence-corrected chi connectivity index (χ4v) is 0.625. The van der Waals surface area contributed by atoms with Crippen molar-refractivity contribution < 1.29 is 41.7 Å². The molecule has 0 bridgehead atoms. The molecular weight excluding hydrogens is 225 g/mol. The van der Waals surface area contributed by atoms with Crippen LogP contribution in [0.4, 0.5) is 22.8 Å². The van der Waals surface area contributed by atoms with E-state index in [1.165, 1.54) is 0 Å². The highest BCUT2D eigenvalue weighted by Crippen LogP contribution is 2.16. The SMILES string of the molecule is O=C1OC(F)C(F)O1.O=C1OCC(F)O1. The molecule has 6 nitrogen and oxygen atoms in total. The van der Waals surface area contributed by atoms with Crippen LogP contribution in [-0.4, -0.2) is 38.0 Å². The lowest BCUT2D eigenvalue weighted by Gasteiger charge is -1.92. The number of ether oxygens (including phenoxy) is 4. The summed E-state index contributed by atoms with van der Waals surface area (Å²) in [5, 5.41) is 0. The standard InChI is InChI=1S/C3H2F2O3.C3H3FO3/c4-1-2(5)8-3(6)7-1;4-2-1-6-3(5)7-2/h1-2H;2H,1H2. The fraction of sp³-hybridized carbons (Fsp3) is 0.667. The van der Waals surface area contributed by atoms with E-state index in [0.717, 1.165) is 0 Å². The third-order valence-electron chi connectivity index (χ3n) is 1.18. The first-order valence-electron chi connectivity index (χ1n) is 3.62. The zero-order chi connectivity index (χ0) is 11.4. The number of hydrogen-bond acceptors (Lipinski definition) is 6. The minimum absolute atomic E-state index is 0.265. The van der Waals surface area contributed by atoms with E-state index in [1.807, 2.05) is 0 Å². The van der Waals surface area contributed by atoms with Crippen molar-refractivity contribution in [3.8, 4) is 0 Å². The molecule has 0 amide bonds. The molecule has 0 N–H and O–H groups in total. The van der Waals surface area contributed by atoms with E-state index >= 15 is 0 Å². The van der Waals surface area contributed by atoms with Gasteiger partial charge in [0.2, 0.25) is 0 Å². The Morgan fingerprint density at radius 3 is 1.60 bits per heavy atom. The maximum atomic E-state index is 11.6. The van der Waals surface area contributed by atoms with Crippen molar-refractivity contribution in [1.82, 2.24) is 0 Å². The molecule has 15 heavy (non-hydrogen) atoms. The molecule has 2 saturated heterocycles. The Bertz CT molecular complexity index is 247. The number of alkyl halides is 3. The summed E-state index contributed by atoms with van der Waals surface area (Å²) in [6, 6.07) is 0. The number of carbonyl (C=O) groups is 2. The van der Waals surface area contributed by atoms with E-state index in [4.69, 9.17) is 0 Å². The van der Waals surface area contributed by atoms with Gasteiger partial charge in [0.15, 0.2) is 6.61 Å². The van der Waals surface area contributed by atoms with Gasteiger partial charge in [-0.3, -0.25) is 0 Å². The summed E-state index contributed by atoms with van der Waals surface area (Å²) in [5.41, 5.74) is 0. The zero-order valence-corrected chi connectivity index (χ0v) is 7.02. The van der Waals surface area contributed by atoms with Gasteiger partial charge in [-0.05, 0) is 0 Å². The highest BCUT2D eigenvalue weighted by Gasteiger charge is 2.36. The van der Waals surface area contributed by atoms with Crippen LogP contribution in [0.2, 0.25) is 0 Å². The van der Waals surface area contributed by atoms with Crippen molar-refractivity contribution in [3.63, 3.8) is 0 Å². The number of carbonyl (C=O) groups excluding carboxylic acids is 2. The Morgan fingerprint density at radius 2 is 1.47 bits per heavy atom. The minimum atomic E-state index is -2.25. The van der Waals surface area contributed by atoms with Crippen LogP contribution >= 0.6 is 0 Å². The molecule has 86 valence electrons. The van der Waals surface area contributed by atoms with Crippen molar-refractivity contribution in [1.29, 1.82) is 0 Å². The third-order valence-corrected chi connectivity index (χ3v) is 1.18. The number of hydrogen-bond donors (Lipinski definition) is 0. The smallest absolute Gasteiger partial charge is 0.427 e. The molecule has 0 saturated carbocycles. The van der Waals surface area contributed by atoms with Crippen LogP contribution in [0.25, 0.3) is 0 Å². The maximum Gasteiger partial charge on any atom is 0.513 e. The molecule has 2 aliphatic heterocycles. The highest BCUT2D eigenvalue weighted by molar-refractivity contribution is 5.62. The second-order valence-electron chi connectivity index (χ2n) is 2.28. The van der Waals surface area contributed by atoms with Crippen LogP contribution in [-0.2, 0) is 18.9 Å². The largest absolute Gasteiger partial charge is 0.513 e. The molecule has 0 aromatic heterocycles. The Balaban J connectivity index is 0.000000151. The molecule has 3 unspecified atom stereocenters. The highest BCUT2D eigenvalue weighted by atomic mass is 19.2. The zero-order valence-electron chi connectivity index (χ0n) is 7.02. The van der Waals surface area contributed by atoms with Crippen LogP contribution in [0.1, 0.15) is 0 Å². The van der Waals surface area contributed by atoms with Crippen molar-refractivity contribution in [2.45, 2.75) is 19.1 Å². The predicted molar refractivity (Wildman–Crippen MR) is 34.7 cm³/mol. The second-order valence-corrected chi connectivity index (χ2v) is 2.28. The molecule has 9 heteroatoms. The number of rotatable bonds is 0. The Kier molecular flexibility index (Phi) is 3.58. The Hall–Kier alpha value is -1.67. The van der Waals surface area contributed by atoms with Gasteiger partial charge in [-0.2, -0.15) is 13.2 Å². The van der Waals surface area contributed by atoms with E-state index in [0.29, 0.717) is 0 Å². The monoisotopic (exact) mass is 230 g/mol. The molecule has 3 atom stereocenters. The molecule has 2 heterocycles. The van der Waals surface area contributed by atoms with E-state index in [-0.39, 0.29) is 6.61 Å². The molecular formula is C6H5F3O6. The summed E-state index contributed by atoms with van der Waals surface area (Å²) < 4.78 is 49.9. The molecule has 0 aromatic carbocycles. The summed E-state index contributed by atoms with van der Waals surface area (Å²) in [5.74, 6) is 0. The third kappa shape index (κ3) is 3.52. The van der Waals surface area contributed by atoms with Gasteiger partial charge in [0.25, 0.3) is 6.36 Å². The first-order valence-corrected chi connectivity index (χ1v) is 3.62. The summed E-state index contributed by atoms with van der Waals surface area (Å²) in [7, 11) is 0. The first kappa shape index (κ1) is 11.4. The van der Waals surface area contributed by atoms with Crippen LogP contribution in [0.5, 0.6) is 0 Å². The molecule has 0 radical (unpaired) electrons. The van der Waals surface area contributed by atoms with Gasteiger partial charge >= 0.3 is 25.0 Å². The molecule has 2 rings (SSSR count). The quantitative estimate of drug-likeness (QED) is 0.582. The molecule has 0 spiro atoms. The van der Waals surface area contributed by atoms with Crippen molar-refractivity contribution in [3.05, 3.63) is 0 Å². The summed E-state index contributed by atoms with van der Waals surface area (Å²) >= 11 is 0. The van der Waals surface area contributed by atoms with Crippen LogP contribution < -0.4 is 0 Å². The topological polar surface area (TPSA) is 71.1 Å². The van der Waals surface area contributed by atoms with Gasteiger partial charge < -0.3 is 18.9 Å². The summed E-state index contributed by atoms with van der Waals surface area (Å²) in [6.07, 6.45) is -8.27. The van der Waals surface area contributed by atoms with Crippen LogP contribution in [0.15, 0.2) is 0 Å². The van der Waals surface area contributed by atoms with Gasteiger partial charge in [-0.25, -0.2) is 9.59 Å². The number of cyclic esters (lactones) is 4. The van der Waals surface area contributed by atoms with E-state index < -0.39 is 31.4 Å². The maximum absolute atomic E-state index is 11.6. The average Bonchev–Trinajstić information content (AvgIpc) is 2.61. The Labute approximate surface area is 80.8 Å². The van der Waals surface area contributed by atoms with Gasteiger partial charge in [-0.15, -0.1) is 0 Å². The van der Waals surface area contributed by atoms with E-state index in [2.05, 4.69) is 18.9 Å². The molecule has 0 aromatic rings. The fourth-order valence-electron chi connectivity index (χ4n) is 0.625. The van der Waals surface area contributed by atoms with Gasteiger partial charge in [-0.1, -0.05) is 0 Å². The lowest BCUT2D eigenvalue weighted by Crippen LogP contribution is -2.09. The van der Waals surface area contributed by atoms with Gasteiger partial charge in [0.05, 0.1) is 0 Å². The van der Waals surface area contributed by atoms with Crippen molar-refractivity contribution in [2.24, 2.45) is 0 Å². The van der Waals surface area contributed by atoms with Gasteiger partial charge in [0.1, 0.15) is 0 Å². The van der Waals surface area contributed by atoms with Crippen molar-refractivity contribution >= 4 is 12.3 Å². The normalized spacial score (nSPS) is 33.1. The molecule has 2 fully saturated rings. The van der Waals surface area contributed by atoms with Crippen LogP contribution in [0.3, 0.4) is 0 Å². The lowest BCUT2D eigenvalue weighted by molar-refractivity contribution is -0.0349. The van der Waals surface area contributed by atoms with Crippen LogP contribution in [0, 0.1) is 0 Å². The number of halogens is 3. The van der Waals surface area contributed by atoms with Gasteiger partial charge in [0, 0.05) is 0 Å². The second kappa shape index (κ2) is 4.71. The predicted octanol–water partition coefficient (Wildman–Crippen LogP) is 1.19. The lowest BCUT2D eigenvalue weighted by atomic mass is 10.7. The summed E-state index contributed by atoms with van der Waals surface area (Å²) in [4.78, 5) is 19.5. The minimum Gasteiger partial charge on any atom is -0.427 e. The van der Waals surface area contributed by atoms with E-state index in [1.54, 1.807) is 0 Å². The summed E-state index contributed by atoms with van der Waals surface area (Å²) in [6.45, 7) is -0.265. The molecule has 0 aliphatic carbocycles. The van der Waals surface area contributed by atoms with E-state index in [9.17, 15) is 22.8 Å². The Morgan fingerprint density at radius 1 is 0.933 bits per heavy atom.